The van der Waals surface area contributed by atoms with Crippen molar-refractivity contribution in [3.8, 4) is 0 Å². The van der Waals surface area contributed by atoms with E-state index >= 15 is 0 Å². The van der Waals surface area contributed by atoms with E-state index in [2.05, 4.69) is 0 Å². The molecule has 0 fully saturated rings. The summed E-state index contributed by atoms with van der Waals surface area (Å²) >= 11 is 0. The van der Waals surface area contributed by atoms with Gasteiger partial charge in [-0.15, -0.1) is 0 Å². The molecule has 0 unspecified atom stereocenters. The summed E-state index contributed by atoms with van der Waals surface area (Å²) in [5.41, 5.74) is 2.50. The van der Waals surface area contributed by atoms with Crippen LogP contribution in [0.2, 0.25) is 0 Å². The molecule has 0 heterocycles. The summed E-state index contributed by atoms with van der Waals surface area (Å²) in [6.07, 6.45) is 0. The highest BCUT2D eigenvalue weighted by Gasteiger charge is 2.22. The molecule has 0 spiro atoms. The van der Waals surface area contributed by atoms with Gasteiger partial charge in [0.2, 0.25) is 0 Å². The minimum Gasteiger partial charge on any atom is -0.480 e. The Balaban J connectivity index is 3.10. The van der Waals surface area contributed by atoms with Crippen molar-refractivity contribution in [2.45, 2.75) is 33.7 Å². The first kappa shape index (κ1) is 14.2. The van der Waals surface area contributed by atoms with Gasteiger partial charge in [0.1, 0.15) is 6.54 Å². The monoisotopic (exact) mass is 249 g/mol. The lowest BCUT2D eigenvalue weighted by molar-refractivity contribution is -0.138. The quantitative estimate of drug-likeness (QED) is 0.890. The fraction of sp³-hybridized carbons (Fsp3) is 0.429. The average molecular weight is 249 g/mol. The summed E-state index contributed by atoms with van der Waals surface area (Å²) in [5, 5.41) is 8.86. The molecule has 0 aliphatic heterocycles. The first-order valence-corrected chi connectivity index (χ1v) is 5.93. The minimum atomic E-state index is -0.998. The van der Waals surface area contributed by atoms with Crippen LogP contribution in [-0.4, -0.2) is 34.5 Å². The third-order valence-electron chi connectivity index (χ3n) is 3.02. The molecule has 98 valence electrons. The fourth-order valence-corrected chi connectivity index (χ4v) is 1.77. The van der Waals surface area contributed by atoms with Crippen molar-refractivity contribution in [2.75, 3.05) is 6.54 Å². The molecule has 0 radical (unpaired) electrons. The van der Waals surface area contributed by atoms with Crippen LogP contribution in [0, 0.1) is 13.8 Å². The molecular formula is C14H19NO3. The standard InChI is InChI=1S/C14H19NO3/c1-9(2)15(8-13(16)17)14(18)12-7-5-6-10(3)11(12)4/h5-7,9H,8H2,1-4H3,(H,16,17). The predicted octanol–water partition coefficient (Wildman–Crippen LogP) is 2.24. The van der Waals surface area contributed by atoms with E-state index in [1.54, 1.807) is 6.07 Å². The van der Waals surface area contributed by atoms with Gasteiger partial charge in [-0.1, -0.05) is 12.1 Å². The van der Waals surface area contributed by atoms with E-state index < -0.39 is 5.97 Å². The zero-order valence-electron chi connectivity index (χ0n) is 11.2. The van der Waals surface area contributed by atoms with Crippen molar-refractivity contribution in [3.05, 3.63) is 34.9 Å². The number of benzene rings is 1. The second-order valence-electron chi connectivity index (χ2n) is 4.67. The minimum absolute atomic E-state index is 0.145. The number of aliphatic carboxylic acids is 1. The molecule has 4 nitrogen and oxygen atoms in total. The van der Waals surface area contributed by atoms with Crippen LogP contribution in [0.25, 0.3) is 0 Å². The molecule has 1 aromatic carbocycles. The molecule has 0 atom stereocenters. The maximum Gasteiger partial charge on any atom is 0.323 e. The Morgan fingerprint density at radius 3 is 2.39 bits per heavy atom. The first-order chi connectivity index (χ1) is 8.34. The normalized spacial score (nSPS) is 10.5. The molecule has 1 amide bonds. The highest BCUT2D eigenvalue weighted by Crippen LogP contribution is 2.16. The number of nitrogens with zero attached hydrogens (tertiary/aromatic N) is 1. The zero-order chi connectivity index (χ0) is 13.9. The van der Waals surface area contributed by atoms with Gasteiger partial charge in [-0.3, -0.25) is 9.59 Å². The largest absolute Gasteiger partial charge is 0.480 e. The van der Waals surface area contributed by atoms with Gasteiger partial charge in [-0.2, -0.15) is 0 Å². The summed E-state index contributed by atoms with van der Waals surface area (Å²) in [5.74, 6) is -1.23. The molecule has 0 saturated carbocycles. The van der Waals surface area contributed by atoms with E-state index in [0.717, 1.165) is 11.1 Å². The van der Waals surface area contributed by atoms with Gasteiger partial charge in [-0.25, -0.2) is 0 Å². The Morgan fingerprint density at radius 1 is 1.28 bits per heavy atom. The number of rotatable bonds is 4. The average Bonchev–Trinajstić information content (AvgIpc) is 2.28. The molecule has 0 aliphatic rings. The lowest BCUT2D eigenvalue weighted by atomic mass is 10.0. The molecule has 4 heteroatoms. The lowest BCUT2D eigenvalue weighted by Crippen LogP contribution is -2.41. The molecule has 0 aromatic heterocycles. The van der Waals surface area contributed by atoms with Gasteiger partial charge in [0.25, 0.3) is 5.91 Å². The Labute approximate surface area is 107 Å². The van der Waals surface area contributed by atoms with Crippen molar-refractivity contribution in [1.29, 1.82) is 0 Å². The van der Waals surface area contributed by atoms with Crippen molar-refractivity contribution in [1.82, 2.24) is 4.90 Å². The van der Waals surface area contributed by atoms with E-state index in [1.165, 1.54) is 4.90 Å². The fourth-order valence-electron chi connectivity index (χ4n) is 1.77. The Bertz CT molecular complexity index is 466. The van der Waals surface area contributed by atoms with Gasteiger partial charge in [-0.05, 0) is 44.9 Å². The molecule has 0 aliphatic carbocycles. The smallest absolute Gasteiger partial charge is 0.323 e. The molecule has 0 saturated heterocycles. The highest BCUT2D eigenvalue weighted by atomic mass is 16.4. The van der Waals surface area contributed by atoms with Crippen LogP contribution < -0.4 is 0 Å². The van der Waals surface area contributed by atoms with Gasteiger partial charge in [0, 0.05) is 11.6 Å². The highest BCUT2D eigenvalue weighted by molar-refractivity contribution is 5.97. The van der Waals surface area contributed by atoms with E-state index in [-0.39, 0.29) is 18.5 Å². The van der Waals surface area contributed by atoms with Crippen LogP contribution >= 0.6 is 0 Å². The maximum absolute atomic E-state index is 12.4. The van der Waals surface area contributed by atoms with E-state index in [9.17, 15) is 9.59 Å². The zero-order valence-corrected chi connectivity index (χ0v) is 11.2. The van der Waals surface area contributed by atoms with Gasteiger partial charge < -0.3 is 10.0 Å². The van der Waals surface area contributed by atoms with Gasteiger partial charge >= 0.3 is 5.97 Å². The summed E-state index contributed by atoms with van der Waals surface area (Å²) in [7, 11) is 0. The van der Waals surface area contributed by atoms with Crippen LogP contribution in [0.1, 0.15) is 35.3 Å². The Kier molecular flexibility index (Phi) is 4.48. The molecule has 18 heavy (non-hydrogen) atoms. The topological polar surface area (TPSA) is 57.6 Å². The first-order valence-electron chi connectivity index (χ1n) is 5.93. The van der Waals surface area contributed by atoms with E-state index in [4.69, 9.17) is 5.11 Å². The number of carboxylic acid groups (broad SMARTS) is 1. The SMILES string of the molecule is Cc1cccc(C(=O)N(CC(=O)O)C(C)C)c1C. The van der Waals surface area contributed by atoms with Gasteiger partial charge in [0.15, 0.2) is 0 Å². The van der Waals surface area contributed by atoms with E-state index in [1.807, 2.05) is 39.8 Å². The van der Waals surface area contributed by atoms with Crippen molar-refractivity contribution < 1.29 is 14.7 Å². The summed E-state index contributed by atoms with van der Waals surface area (Å²) in [6, 6.07) is 5.34. The molecule has 0 bridgehead atoms. The molecule has 1 aromatic rings. The van der Waals surface area contributed by atoms with Crippen LogP contribution in [0.15, 0.2) is 18.2 Å². The lowest BCUT2D eigenvalue weighted by Gasteiger charge is -2.25. The molecular weight excluding hydrogens is 230 g/mol. The molecule has 1 N–H and O–H groups in total. The Hall–Kier alpha value is -1.84. The van der Waals surface area contributed by atoms with Crippen LogP contribution in [-0.2, 0) is 4.79 Å². The predicted molar refractivity (Wildman–Crippen MR) is 69.7 cm³/mol. The second kappa shape index (κ2) is 5.67. The van der Waals surface area contributed by atoms with Gasteiger partial charge in [0.05, 0.1) is 0 Å². The number of hydrogen-bond acceptors (Lipinski definition) is 2. The maximum atomic E-state index is 12.4. The number of carbonyl (C=O) groups is 2. The number of amides is 1. The Morgan fingerprint density at radius 2 is 1.89 bits per heavy atom. The van der Waals surface area contributed by atoms with Crippen LogP contribution in [0.3, 0.4) is 0 Å². The third-order valence-corrected chi connectivity index (χ3v) is 3.02. The second-order valence-corrected chi connectivity index (χ2v) is 4.67. The van der Waals surface area contributed by atoms with Crippen molar-refractivity contribution >= 4 is 11.9 Å². The van der Waals surface area contributed by atoms with Crippen LogP contribution in [0.5, 0.6) is 0 Å². The third kappa shape index (κ3) is 3.09. The van der Waals surface area contributed by atoms with Crippen LogP contribution in [0.4, 0.5) is 0 Å². The van der Waals surface area contributed by atoms with E-state index in [0.29, 0.717) is 5.56 Å². The summed E-state index contributed by atoms with van der Waals surface area (Å²) < 4.78 is 0. The number of aryl methyl sites for hydroxylation is 1. The summed E-state index contributed by atoms with van der Waals surface area (Å²) in [4.78, 5) is 24.5. The van der Waals surface area contributed by atoms with Crippen molar-refractivity contribution in [2.24, 2.45) is 0 Å². The molecule has 1 rings (SSSR count). The number of hydrogen-bond donors (Lipinski definition) is 1. The summed E-state index contributed by atoms with van der Waals surface area (Å²) in [6.45, 7) is 7.16. The number of carbonyl (C=O) groups excluding carboxylic acids is 1. The number of carboxylic acids is 1. The van der Waals surface area contributed by atoms with Crippen molar-refractivity contribution in [3.63, 3.8) is 0 Å².